The molecule has 5 nitrogen and oxygen atoms in total. The van der Waals surface area contributed by atoms with Crippen molar-refractivity contribution < 1.29 is 14.6 Å². The molecule has 0 aliphatic carbocycles. The maximum Gasteiger partial charge on any atom is 0.307 e. The molecule has 0 fully saturated rings. The molecule has 0 aliphatic heterocycles. The lowest BCUT2D eigenvalue weighted by atomic mass is 10.1. The number of nitrogens with zero attached hydrogens (tertiary/aromatic N) is 2. The summed E-state index contributed by atoms with van der Waals surface area (Å²) in [6, 6.07) is 24.3. The van der Waals surface area contributed by atoms with Crippen LogP contribution >= 0.6 is 0 Å². The second kappa shape index (κ2) is 7.25. The normalized spacial score (nSPS) is 10.7. The molecular weight excluding hydrogens is 340 g/mol. The van der Waals surface area contributed by atoms with Crippen LogP contribution in [0.25, 0.3) is 22.3 Å². The van der Waals surface area contributed by atoms with Crippen molar-refractivity contribution in [2.75, 3.05) is 0 Å². The highest BCUT2D eigenvalue weighted by Crippen LogP contribution is 2.32. The molecule has 4 aromatic rings. The maximum atomic E-state index is 10.8. The number of aliphatic carboxylic acids is 1. The Morgan fingerprint density at radius 1 is 0.815 bits per heavy atom. The Labute approximate surface area is 155 Å². The van der Waals surface area contributed by atoms with Crippen molar-refractivity contribution in [3.05, 3.63) is 84.4 Å². The fourth-order valence-corrected chi connectivity index (χ4v) is 2.80. The Hall–Kier alpha value is -3.73. The van der Waals surface area contributed by atoms with E-state index in [2.05, 4.69) is 4.98 Å². The van der Waals surface area contributed by atoms with E-state index < -0.39 is 5.97 Å². The number of carboxylic acid groups (broad SMARTS) is 1. The molecule has 3 aromatic carbocycles. The number of rotatable bonds is 5. The quantitative estimate of drug-likeness (QED) is 0.560. The number of carboxylic acids is 1. The predicted molar refractivity (Wildman–Crippen MR) is 103 cm³/mol. The SMILES string of the molecule is O=C(O)Cc1ccc(Oc2nc3ccccc3nc2-c2ccccc2)cc1. The Balaban J connectivity index is 1.74. The van der Waals surface area contributed by atoms with Crippen LogP contribution in [-0.4, -0.2) is 21.0 Å². The van der Waals surface area contributed by atoms with Gasteiger partial charge in [0, 0.05) is 5.56 Å². The predicted octanol–water partition coefficient (Wildman–Crippen LogP) is 4.72. The first kappa shape index (κ1) is 16.7. The van der Waals surface area contributed by atoms with Crippen LogP contribution in [0.4, 0.5) is 0 Å². The number of benzene rings is 3. The Bertz CT molecular complexity index is 1090. The van der Waals surface area contributed by atoms with Gasteiger partial charge in [0.1, 0.15) is 11.4 Å². The van der Waals surface area contributed by atoms with Crippen LogP contribution in [0.15, 0.2) is 78.9 Å². The number of hydrogen-bond acceptors (Lipinski definition) is 4. The number of ether oxygens (including phenoxy) is 1. The minimum atomic E-state index is -0.865. The molecule has 0 saturated heterocycles. The molecule has 4 rings (SSSR count). The van der Waals surface area contributed by atoms with Gasteiger partial charge in [0.25, 0.3) is 0 Å². The topological polar surface area (TPSA) is 72.3 Å². The number of para-hydroxylation sites is 2. The first-order valence-electron chi connectivity index (χ1n) is 8.50. The first-order valence-corrected chi connectivity index (χ1v) is 8.50. The van der Waals surface area contributed by atoms with E-state index in [4.69, 9.17) is 14.8 Å². The van der Waals surface area contributed by atoms with Crippen LogP contribution in [-0.2, 0) is 11.2 Å². The van der Waals surface area contributed by atoms with Gasteiger partial charge in [-0.1, -0.05) is 54.6 Å². The van der Waals surface area contributed by atoms with Gasteiger partial charge >= 0.3 is 5.97 Å². The van der Waals surface area contributed by atoms with Gasteiger partial charge in [-0.2, -0.15) is 0 Å². The zero-order chi connectivity index (χ0) is 18.6. The van der Waals surface area contributed by atoms with E-state index in [1.165, 1.54) is 0 Å². The van der Waals surface area contributed by atoms with Gasteiger partial charge in [-0.15, -0.1) is 0 Å². The fourth-order valence-electron chi connectivity index (χ4n) is 2.80. The van der Waals surface area contributed by atoms with Gasteiger partial charge in [0.15, 0.2) is 0 Å². The van der Waals surface area contributed by atoms with Crippen molar-refractivity contribution in [2.45, 2.75) is 6.42 Å². The van der Waals surface area contributed by atoms with Crippen molar-refractivity contribution in [1.82, 2.24) is 9.97 Å². The molecule has 0 amide bonds. The summed E-state index contributed by atoms with van der Waals surface area (Å²) in [5.41, 5.74) is 3.81. The van der Waals surface area contributed by atoms with E-state index in [-0.39, 0.29) is 6.42 Å². The number of fused-ring (bicyclic) bond motifs is 1. The molecule has 132 valence electrons. The molecule has 1 heterocycles. The summed E-state index contributed by atoms with van der Waals surface area (Å²) in [5.74, 6) is 0.118. The number of aromatic nitrogens is 2. The third-order valence-electron chi connectivity index (χ3n) is 4.08. The smallest absolute Gasteiger partial charge is 0.307 e. The number of hydrogen-bond donors (Lipinski definition) is 1. The average Bonchev–Trinajstić information content (AvgIpc) is 2.69. The lowest BCUT2D eigenvalue weighted by Gasteiger charge is -2.11. The van der Waals surface area contributed by atoms with Gasteiger partial charge in [0.05, 0.1) is 17.5 Å². The van der Waals surface area contributed by atoms with E-state index in [9.17, 15) is 4.79 Å². The molecule has 0 saturated carbocycles. The Morgan fingerprint density at radius 2 is 1.44 bits per heavy atom. The van der Waals surface area contributed by atoms with Crippen LogP contribution in [0.5, 0.6) is 11.6 Å². The highest BCUT2D eigenvalue weighted by atomic mass is 16.5. The molecule has 0 unspecified atom stereocenters. The van der Waals surface area contributed by atoms with Crippen LogP contribution in [0.1, 0.15) is 5.56 Å². The van der Waals surface area contributed by atoms with E-state index in [1.807, 2.05) is 54.6 Å². The van der Waals surface area contributed by atoms with Gasteiger partial charge < -0.3 is 9.84 Å². The molecule has 0 spiro atoms. The average molecular weight is 356 g/mol. The Kier molecular flexibility index (Phi) is 4.49. The van der Waals surface area contributed by atoms with Crippen molar-refractivity contribution in [2.24, 2.45) is 0 Å². The summed E-state index contributed by atoms with van der Waals surface area (Å²) in [4.78, 5) is 20.2. The molecule has 0 aliphatic rings. The second-order valence-corrected chi connectivity index (χ2v) is 6.05. The summed E-state index contributed by atoms with van der Waals surface area (Å²) >= 11 is 0. The molecule has 1 aromatic heterocycles. The van der Waals surface area contributed by atoms with Crippen LogP contribution < -0.4 is 4.74 Å². The van der Waals surface area contributed by atoms with Gasteiger partial charge in [0.2, 0.25) is 5.88 Å². The first-order chi connectivity index (χ1) is 13.2. The summed E-state index contributed by atoms with van der Waals surface area (Å²) in [6.45, 7) is 0. The minimum absolute atomic E-state index is 0.0225. The highest BCUT2D eigenvalue weighted by molar-refractivity contribution is 5.79. The minimum Gasteiger partial charge on any atom is -0.481 e. The van der Waals surface area contributed by atoms with Gasteiger partial charge in [-0.3, -0.25) is 4.79 Å². The fraction of sp³-hybridized carbons (Fsp3) is 0.0455. The van der Waals surface area contributed by atoms with Crippen molar-refractivity contribution >= 4 is 17.0 Å². The molecule has 0 bridgehead atoms. The summed E-state index contributed by atoms with van der Waals surface area (Å²) in [7, 11) is 0. The summed E-state index contributed by atoms with van der Waals surface area (Å²) in [5, 5.41) is 8.88. The van der Waals surface area contributed by atoms with Crippen molar-refractivity contribution in [1.29, 1.82) is 0 Å². The molecule has 27 heavy (non-hydrogen) atoms. The van der Waals surface area contributed by atoms with Crippen LogP contribution in [0.3, 0.4) is 0 Å². The standard InChI is InChI=1S/C22H16N2O3/c25-20(26)14-15-10-12-17(13-11-15)27-22-21(16-6-2-1-3-7-16)23-18-8-4-5-9-19(18)24-22/h1-13H,14H2,(H,25,26). The summed E-state index contributed by atoms with van der Waals surface area (Å²) in [6.07, 6.45) is -0.0225. The van der Waals surface area contributed by atoms with Crippen molar-refractivity contribution in [3.8, 4) is 22.9 Å². The van der Waals surface area contributed by atoms with Gasteiger partial charge in [-0.25, -0.2) is 9.97 Å². The van der Waals surface area contributed by atoms with E-state index in [0.29, 0.717) is 22.9 Å². The maximum absolute atomic E-state index is 10.8. The molecule has 0 atom stereocenters. The Morgan fingerprint density at radius 3 is 2.11 bits per heavy atom. The lowest BCUT2D eigenvalue weighted by Crippen LogP contribution is -2.00. The third kappa shape index (κ3) is 3.77. The van der Waals surface area contributed by atoms with Crippen LogP contribution in [0.2, 0.25) is 0 Å². The van der Waals surface area contributed by atoms with E-state index in [0.717, 1.165) is 16.6 Å². The third-order valence-corrected chi connectivity index (χ3v) is 4.08. The van der Waals surface area contributed by atoms with E-state index in [1.54, 1.807) is 24.3 Å². The molecule has 5 heteroatoms. The lowest BCUT2D eigenvalue weighted by molar-refractivity contribution is -0.136. The van der Waals surface area contributed by atoms with Crippen molar-refractivity contribution in [3.63, 3.8) is 0 Å². The highest BCUT2D eigenvalue weighted by Gasteiger charge is 2.13. The zero-order valence-corrected chi connectivity index (χ0v) is 14.4. The van der Waals surface area contributed by atoms with Crippen LogP contribution in [0, 0.1) is 0 Å². The molecule has 1 N–H and O–H groups in total. The summed E-state index contributed by atoms with van der Waals surface area (Å²) < 4.78 is 6.01. The molecule has 0 radical (unpaired) electrons. The second-order valence-electron chi connectivity index (χ2n) is 6.05. The zero-order valence-electron chi connectivity index (χ0n) is 14.4. The monoisotopic (exact) mass is 356 g/mol. The van der Waals surface area contributed by atoms with E-state index >= 15 is 0 Å². The number of carbonyl (C=O) groups is 1. The molecular formula is C22H16N2O3. The largest absolute Gasteiger partial charge is 0.481 e. The van der Waals surface area contributed by atoms with Gasteiger partial charge in [-0.05, 0) is 29.8 Å².